The molecule has 4 aromatic carbocycles. The van der Waals surface area contributed by atoms with Gasteiger partial charge in [0.15, 0.2) is 0 Å². The van der Waals surface area contributed by atoms with Crippen molar-refractivity contribution in [3.05, 3.63) is 112 Å². The van der Waals surface area contributed by atoms with Crippen molar-refractivity contribution in [2.45, 2.75) is 9.79 Å². The summed E-state index contributed by atoms with van der Waals surface area (Å²) < 4.78 is 55.9. The van der Waals surface area contributed by atoms with Crippen molar-refractivity contribution < 1.29 is 21.6 Å². The zero-order valence-corrected chi connectivity index (χ0v) is 23.1. The molecule has 0 fully saturated rings. The lowest BCUT2D eigenvalue weighted by Gasteiger charge is -2.12. The van der Waals surface area contributed by atoms with E-state index in [0.717, 1.165) is 6.07 Å². The molecule has 0 aliphatic heterocycles. The molecule has 0 bridgehead atoms. The van der Waals surface area contributed by atoms with Gasteiger partial charge in [-0.15, -0.1) is 0 Å². The van der Waals surface area contributed by atoms with E-state index in [-0.39, 0.29) is 36.8 Å². The summed E-state index contributed by atoms with van der Waals surface area (Å²) in [6, 6.07) is 21.8. The van der Waals surface area contributed by atoms with E-state index in [1.54, 1.807) is 30.3 Å². The number of hydrogen-bond acceptors (Lipinski definition) is 5. The van der Waals surface area contributed by atoms with Crippen molar-refractivity contribution in [2.24, 2.45) is 0 Å². The van der Waals surface area contributed by atoms with Gasteiger partial charge in [0.25, 0.3) is 26.0 Å². The second-order valence-corrected chi connectivity index (χ2v) is 12.4. The van der Waals surface area contributed by atoms with Gasteiger partial charge in [-0.1, -0.05) is 53.0 Å². The van der Waals surface area contributed by atoms with Crippen molar-refractivity contribution in [2.75, 3.05) is 14.8 Å². The van der Waals surface area contributed by atoms with Crippen molar-refractivity contribution in [1.29, 1.82) is 0 Å². The fourth-order valence-corrected chi connectivity index (χ4v) is 6.44. The maximum atomic E-state index is 12.9. The van der Waals surface area contributed by atoms with Crippen molar-refractivity contribution >= 4 is 77.8 Å². The molecule has 3 N–H and O–H groups in total. The quantitative estimate of drug-likeness (QED) is 0.210. The third-order valence-electron chi connectivity index (χ3n) is 5.11. The van der Waals surface area contributed by atoms with Crippen LogP contribution in [-0.2, 0) is 20.0 Å². The fraction of sp³-hybridized carbons (Fsp3) is 0. The third kappa shape index (κ3) is 6.58. The molecule has 38 heavy (non-hydrogen) atoms. The minimum absolute atomic E-state index is 0.0265. The molecule has 0 atom stereocenters. The van der Waals surface area contributed by atoms with Crippen molar-refractivity contribution in [3.63, 3.8) is 0 Å². The molecular formula is C25H18Cl3N3O5S2. The molecule has 13 heteroatoms. The van der Waals surface area contributed by atoms with Crippen LogP contribution < -0.4 is 14.8 Å². The molecule has 196 valence electrons. The molecule has 0 aliphatic carbocycles. The van der Waals surface area contributed by atoms with Crippen molar-refractivity contribution in [1.82, 2.24) is 0 Å². The predicted octanol–water partition coefficient (Wildman–Crippen LogP) is 6.50. The summed E-state index contributed by atoms with van der Waals surface area (Å²) in [5.41, 5.74) is 0.795. The number of para-hydroxylation sites is 1. The fourth-order valence-electron chi connectivity index (χ4n) is 3.26. The Balaban J connectivity index is 1.50. The largest absolute Gasteiger partial charge is 0.322 e. The van der Waals surface area contributed by atoms with Gasteiger partial charge in [0.05, 0.1) is 20.6 Å². The predicted molar refractivity (Wildman–Crippen MR) is 150 cm³/mol. The topological polar surface area (TPSA) is 121 Å². The average Bonchev–Trinajstić information content (AvgIpc) is 2.86. The van der Waals surface area contributed by atoms with Crippen LogP contribution in [-0.4, -0.2) is 22.7 Å². The van der Waals surface area contributed by atoms with Gasteiger partial charge in [0.2, 0.25) is 0 Å². The second-order valence-electron chi connectivity index (χ2n) is 7.82. The molecule has 0 unspecified atom stereocenters. The number of amides is 1. The molecule has 4 aromatic rings. The van der Waals surface area contributed by atoms with Gasteiger partial charge in [-0.3, -0.25) is 14.2 Å². The monoisotopic (exact) mass is 609 g/mol. The Hall–Kier alpha value is -3.28. The number of rotatable bonds is 8. The van der Waals surface area contributed by atoms with E-state index in [0.29, 0.717) is 10.7 Å². The zero-order chi connectivity index (χ0) is 27.5. The molecule has 1 amide bonds. The summed E-state index contributed by atoms with van der Waals surface area (Å²) in [5, 5.41) is 3.03. The van der Waals surface area contributed by atoms with Gasteiger partial charge in [-0.05, 0) is 72.8 Å². The van der Waals surface area contributed by atoms with Gasteiger partial charge in [0, 0.05) is 22.0 Å². The highest BCUT2D eigenvalue weighted by Gasteiger charge is 2.21. The maximum absolute atomic E-state index is 12.9. The van der Waals surface area contributed by atoms with Crippen LogP contribution in [0, 0.1) is 0 Å². The van der Waals surface area contributed by atoms with E-state index in [1.807, 2.05) is 0 Å². The Labute approximate surface area is 234 Å². The molecule has 4 rings (SSSR count). The Kier molecular flexibility index (Phi) is 8.19. The lowest BCUT2D eigenvalue weighted by atomic mass is 10.2. The number of carbonyl (C=O) groups is 1. The average molecular weight is 611 g/mol. The Bertz CT molecular complexity index is 1720. The summed E-state index contributed by atoms with van der Waals surface area (Å²) in [6.45, 7) is 0. The van der Waals surface area contributed by atoms with E-state index < -0.39 is 26.0 Å². The van der Waals surface area contributed by atoms with Crippen LogP contribution in [0.25, 0.3) is 0 Å². The van der Waals surface area contributed by atoms with E-state index >= 15 is 0 Å². The van der Waals surface area contributed by atoms with Crippen LogP contribution in [0.5, 0.6) is 0 Å². The molecular weight excluding hydrogens is 593 g/mol. The number of hydrogen-bond donors (Lipinski definition) is 3. The van der Waals surface area contributed by atoms with Gasteiger partial charge in [0.1, 0.15) is 4.90 Å². The standard InChI is InChI=1S/C25H18Cl3N3O5S2/c26-17-7-13-23(22(28)15-17)31-37(33,34)20-10-8-18(9-11-20)29-25(32)16-6-12-21(27)24(14-16)38(35,36)30-19-4-2-1-3-5-19/h1-15,30-31H,(H,29,32). The first-order chi connectivity index (χ1) is 17.9. The van der Waals surface area contributed by atoms with Crippen molar-refractivity contribution in [3.8, 4) is 0 Å². The number of halogens is 3. The lowest BCUT2D eigenvalue weighted by Crippen LogP contribution is -2.16. The van der Waals surface area contributed by atoms with Crippen LogP contribution >= 0.6 is 34.8 Å². The molecule has 0 spiro atoms. The third-order valence-corrected chi connectivity index (χ3v) is 8.90. The van der Waals surface area contributed by atoms with E-state index in [1.165, 1.54) is 54.6 Å². The highest BCUT2D eigenvalue weighted by Crippen LogP contribution is 2.28. The smallest absolute Gasteiger partial charge is 0.263 e. The molecule has 0 aliphatic rings. The number of benzene rings is 4. The van der Waals surface area contributed by atoms with Crippen LogP contribution in [0.2, 0.25) is 15.1 Å². The number of anilines is 3. The summed E-state index contributed by atoms with van der Waals surface area (Å²) in [5.74, 6) is -0.625. The normalized spacial score (nSPS) is 11.6. The SMILES string of the molecule is O=C(Nc1ccc(S(=O)(=O)Nc2ccc(Cl)cc2Cl)cc1)c1ccc(Cl)c(S(=O)(=O)Nc2ccccc2)c1. The lowest BCUT2D eigenvalue weighted by molar-refractivity contribution is 0.102. The van der Waals surface area contributed by atoms with E-state index in [2.05, 4.69) is 14.8 Å². The van der Waals surface area contributed by atoms with Gasteiger partial charge in [-0.25, -0.2) is 16.8 Å². The molecule has 0 saturated heterocycles. The molecule has 0 heterocycles. The summed E-state index contributed by atoms with van der Waals surface area (Å²) >= 11 is 18.0. The van der Waals surface area contributed by atoms with Gasteiger partial charge < -0.3 is 5.32 Å². The first-order valence-corrected chi connectivity index (χ1v) is 14.8. The maximum Gasteiger partial charge on any atom is 0.263 e. The first kappa shape index (κ1) is 27.7. The van der Waals surface area contributed by atoms with Gasteiger partial charge in [-0.2, -0.15) is 0 Å². The Morgan fingerprint density at radius 2 is 1.32 bits per heavy atom. The molecule has 0 aromatic heterocycles. The van der Waals surface area contributed by atoms with Crippen LogP contribution in [0.15, 0.2) is 101 Å². The molecule has 0 saturated carbocycles. The Morgan fingerprint density at radius 1 is 0.632 bits per heavy atom. The zero-order valence-electron chi connectivity index (χ0n) is 19.2. The number of sulfonamides is 2. The summed E-state index contributed by atoms with van der Waals surface area (Å²) in [4.78, 5) is 12.5. The summed E-state index contributed by atoms with van der Waals surface area (Å²) in [6.07, 6.45) is 0. The molecule has 0 radical (unpaired) electrons. The number of carbonyl (C=O) groups excluding carboxylic acids is 1. The molecule has 8 nitrogen and oxygen atoms in total. The highest BCUT2D eigenvalue weighted by molar-refractivity contribution is 7.93. The Morgan fingerprint density at radius 3 is 1.97 bits per heavy atom. The highest BCUT2D eigenvalue weighted by atomic mass is 35.5. The minimum Gasteiger partial charge on any atom is -0.322 e. The second kappa shape index (κ2) is 11.2. The summed E-state index contributed by atoms with van der Waals surface area (Å²) in [7, 11) is -8.06. The first-order valence-electron chi connectivity index (χ1n) is 10.7. The van der Waals surface area contributed by atoms with Crippen LogP contribution in [0.4, 0.5) is 17.1 Å². The van der Waals surface area contributed by atoms with E-state index in [9.17, 15) is 21.6 Å². The minimum atomic E-state index is -4.08. The van der Waals surface area contributed by atoms with E-state index in [4.69, 9.17) is 34.8 Å². The van der Waals surface area contributed by atoms with Gasteiger partial charge >= 0.3 is 0 Å². The number of nitrogens with one attached hydrogen (secondary N) is 3. The van der Waals surface area contributed by atoms with Crippen LogP contribution in [0.3, 0.4) is 0 Å². The van der Waals surface area contributed by atoms with Crippen LogP contribution in [0.1, 0.15) is 10.4 Å².